The zero-order valence-corrected chi connectivity index (χ0v) is 45.2. The first kappa shape index (κ1) is 44.9. The average molecular weight is 1010 g/mol. The highest BCUT2D eigenvalue weighted by molar-refractivity contribution is 7.00. The number of hydrogen-bond donors (Lipinski definition) is 0. The Kier molecular flexibility index (Phi) is 8.94. The number of para-hydroxylation sites is 5. The lowest BCUT2D eigenvalue weighted by Crippen LogP contribution is -2.61. The SMILES string of the molecule is Cc1cc2c3c(c1)N(c1cccc4c1oc1ccccc14)c1cc(N4c5ccccc5C5(C)CCCCC45C)ccc1B3c1ccc(N3c4ccccc4C4(C)CCCCC34C)cc1N2c1ccc2c(c1)oc1ccccc12. The summed E-state index contributed by atoms with van der Waals surface area (Å²) < 4.78 is 13.8. The molecule has 17 rings (SSSR count). The molecule has 7 heteroatoms. The van der Waals surface area contributed by atoms with E-state index in [0.29, 0.717) is 0 Å². The number of hydrogen-bond acceptors (Lipinski definition) is 6. The Bertz CT molecular complexity index is 4400. The third-order valence-corrected chi connectivity index (χ3v) is 21.0. The predicted octanol–water partition coefficient (Wildman–Crippen LogP) is 17.4. The molecule has 4 unspecified atom stereocenters. The Balaban J connectivity index is 0.949. The monoisotopic (exact) mass is 1010 g/mol. The summed E-state index contributed by atoms with van der Waals surface area (Å²) >= 11 is 0. The normalized spacial score (nSPS) is 23.6. The fourth-order valence-corrected chi connectivity index (χ4v) is 16.9. The highest BCUT2D eigenvalue weighted by Gasteiger charge is 2.59. The second-order valence-electron chi connectivity index (χ2n) is 24.7. The Hall–Kier alpha value is -8.16. The molecule has 0 N–H and O–H groups in total. The van der Waals surface area contributed by atoms with Crippen LogP contribution in [0.2, 0.25) is 0 Å². The van der Waals surface area contributed by atoms with Gasteiger partial charge in [0.15, 0.2) is 5.58 Å². The van der Waals surface area contributed by atoms with Crippen molar-refractivity contribution >= 4 is 124 Å². The Labute approximate surface area is 456 Å². The zero-order valence-electron chi connectivity index (χ0n) is 45.2. The summed E-state index contributed by atoms with van der Waals surface area (Å²) in [5.41, 5.74) is 23.4. The molecule has 0 spiro atoms. The third-order valence-electron chi connectivity index (χ3n) is 21.0. The molecule has 6 aliphatic rings. The lowest BCUT2D eigenvalue weighted by molar-refractivity contribution is 0.195. The van der Waals surface area contributed by atoms with Crippen LogP contribution in [0.15, 0.2) is 191 Å². The fourth-order valence-electron chi connectivity index (χ4n) is 16.9. The molecular formula is C71H61BN4O2. The average Bonchev–Trinajstić information content (AvgIpc) is 4.23. The van der Waals surface area contributed by atoms with Gasteiger partial charge in [0.2, 0.25) is 0 Å². The van der Waals surface area contributed by atoms with Gasteiger partial charge in [-0.05, 0) is 158 Å². The predicted molar refractivity (Wildman–Crippen MR) is 325 cm³/mol. The van der Waals surface area contributed by atoms with Crippen molar-refractivity contribution in [2.75, 3.05) is 19.6 Å². The van der Waals surface area contributed by atoms with Gasteiger partial charge in [-0.3, -0.25) is 0 Å². The molecular weight excluding hydrogens is 952 g/mol. The molecule has 6 heterocycles. The van der Waals surface area contributed by atoms with Crippen LogP contribution in [0.3, 0.4) is 0 Å². The minimum Gasteiger partial charge on any atom is -0.456 e. The first-order valence-corrected chi connectivity index (χ1v) is 28.7. The molecule has 0 amide bonds. The van der Waals surface area contributed by atoms with E-state index in [1.807, 2.05) is 0 Å². The van der Waals surface area contributed by atoms with E-state index in [0.717, 1.165) is 68.1 Å². The molecule has 9 aromatic carbocycles. The van der Waals surface area contributed by atoms with Crippen molar-refractivity contribution < 1.29 is 8.83 Å². The maximum atomic E-state index is 7.05. The molecule has 78 heavy (non-hydrogen) atoms. The van der Waals surface area contributed by atoms with Crippen molar-refractivity contribution in [2.45, 2.75) is 108 Å². The fraction of sp³-hybridized carbons (Fsp3) is 0.239. The van der Waals surface area contributed by atoms with Crippen LogP contribution in [0, 0.1) is 6.92 Å². The minimum absolute atomic E-state index is 0.0206. The molecule has 2 aliphatic carbocycles. The number of aryl methyl sites for hydroxylation is 1. The van der Waals surface area contributed by atoms with Gasteiger partial charge in [-0.15, -0.1) is 0 Å². The lowest BCUT2D eigenvalue weighted by atomic mass is 9.33. The van der Waals surface area contributed by atoms with Gasteiger partial charge in [0.1, 0.15) is 16.7 Å². The maximum absolute atomic E-state index is 7.05. The van der Waals surface area contributed by atoms with E-state index in [-0.39, 0.29) is 28.6 Å². The Morgan fingerprint density at radius 2 is 0.872 bits per heavy atom. The first-order chi connectivity index (χ1) is 38.1. The second-order valence-corrected chi connectivity index (χ2v) is 24.7. The topological polar surface area (TPSA) is 39.2 Å². The maximum Gasteiger partial charge on any atom is 0.252 e. The summed E-state index contributed by atoms with van der Waals surface area (Å²) in [6.45, 7) is 12.4. The number of benzene rings is 9. The summed E-state index contributed by atoms with van der Waals surface area (Å²) in [7, 11) is 0. The Morgan fingerprint density at radius 1 is 0.385 bits per heavy atom. The number of rotatable bonds is 4. The van der Waals surface area contributed by atoms with Gasteiger partial charge in [-0.1, -0.05) is 137 Å². The molecule has 2 saturated carbocycles. The van der Waals surface area contributed by atoms with Crippen LogP contribution < -0.4 is 36.0 Å². The van der Waals surface area contributed by atoms with Gasteiger partial charge >= 0.3 is 0 Å². The largest absolute Gasteiger partial charge is 0.456 e. The molecule has 2 fully saturated rings. The molecule has 2 aromatic heterocycles. The summed E-state index contributed by atoms with van der Waals surface area (Å²) in [4.78, 5) is 10.6. The van der Waals surface area contributed by atoms with Crippen molar-refractivity contribution in [2.24, 2.45) is 0 Å². The van der Waals surface area contributed by atoms with E-state index in [1.165, 1.54) is 117 Å². The molecule has 0 radical (unpaired) electrons. The summed E-state index contributed by atoms with van der Waals surface area (Å²) in [6.07, 6.45) is 9.58. The van der Waals surface area contributed by atoms with Crippen molar-refractivity contribution in [3.8, 4) is 0 Å². The van der Waals surface area contributed by atoms with E-state index in [1.54, 1.807) is 0 Å². The highest BCUT2D eigenvalue weighted by Crippen LogP contribution is 2.63. The van der Waals surface area contributed by atoms with Gasteiger partial charge in [-0.25, -0.2) is 0 Å². The van der Waals surface area contributed by atoms with Crippen LogP contribution in [0.1, 0.15) is 95.8 Å². The molecule has 11 aromatic rings. The molecule has 380 valence electrons. The number of fused-ring (bicyclic) bond motifs is 16. The summed E-state index contributed by atoms with van der Waals surface area (Å²) in [5.74, 6) is 0. The number of nitrogens with zero attached hydrogens (tertiary/aromatic N) is 4. The Morgan fingerprint density at radius 3 is 1.51 bits per heavy atom. The molecule has 4 atom stereocenters. The van der Waals surface area contributed by atoms with E-state index in [4.69, 9.17) is 8.83 Å². The van der Waals surface area contributed by atoms with Crippen molar-refractivity contribution in [1.29, 1.82) is 0 Å². The van der Waals surface area contributed by atoms with Crippen LogP contribution >= 0.6 is 0 Å². The van der Waals surface area contributed by atoms with Crippen molar-refractivity contribution in [3.63, 3.8) is 0 Å². The minimum atomic E-state index is -0.0996. The van der Waals surface area contributed by atoms with Gasteiger partial charge in [0.25, 0.3) is 6.71 Å². The third kappa shape index (κ3) is 5.59. The number of furan rings is 2. The van der Waals surface area contributed by atoms with Gasteiger partial charge in [0.05, 0.1) is 16.8 Å². The van der Waals surface area contributed by atoms with Gasteiger partial charge in [0, 0.05) is 89.6 Å². The van der Waals surface area contributed by atoms with E-state index in [2.05, 4.69) is 236 Å². The highest BCUT2D eigenvalue weighted by atomic mass is 16.3. The van der Waals surface area contributed by atoms with Gasteiger partial charge < -0.3 is 28.4 Å². The van der Waals surface area contributed by atoms with Gasteiger partial charge in [-0.2, -0.15) is 0 Å². The smallest absolute Gasteiger partial charge is 0.252 e. The van der Waals surface area contributed by atoms with Crippen molar-refractivity contribution in [3.05, 3.63) is 199 Å². The van der Waals surface area contributed by atoms with Crippen LogP contribution in [0.4, 0.5) is 56.9 Å². The van der Waals surface area contributed by atoms with Crippen molar-refractivity contribution in [1.82, 2.24) is 0 Å². The number of anilines is 10. The van der Waals surface area contributed by atoms with Crippen LogP contribution in [0.25, 0.3) is 43.9 Å². The van der Waals surface area contributed by atoms with Crippen LogP contribution in [0.5, 0.6) is 0 Å². The van der Waals surface area contributed by atoms with E-state index < -0.39 is 0 Å². The van der Waals surface area contributed by atoms with Crippen LogP contribution in [-0.2, 0) is 10.8 Å². The first-order valence-electron chi connectivity index (χ1n) is 28.7. The summed E-state index contributed by atoms with van der Waals surface area (Å²) in [5, 5.41) is 4.51. The van der Waals surface area contributed by atoms with Crippen LogP contribution in [-0.4, -0.2) is 17.8 Å². The molecule has 0 saturated heterocycles. The van der Waals surface area contributed by atoms with E-state index in [9.17, 15) is 0 Å². The molecule has 4 aliphatic heterocycles. The molecule has 0 bridgehead atoms. The summed E-state index contributed by atoms with van der Waals surface area (Å²) in [6, 6.07) is 69.0. The molecule has 6 nitrogen and oxygen atoms in total. The lowest BCUT2D eigenvalue weighted by Gasteiger charge is -2.51. The zero-order chi connectivity index (χ0) is 52.0. The second kappa shape index (κ2) is 15.5. The quantitative estimate of drug-likeness (QED) is 0.164. The standard InChI is InChI=1S/C71H61BN4O2/c1-44-39-61-66-62(40-44)74(58-26-18-21-51-49-20-7-13-28-64(49)78-67(51)58)60-42-47(76-57-25-11-9-23-53(57)69(3)36-15-17-38-71(69,76)5)31-34-55(60)72(66)54-33-30-46(75-56-24-10-8-22-52(56)68(2)35-14-16-37-70(68,75)4)41-59(54)73(61)45-29-32-50-48-19-6-12-27-63(48)77-65(50)43-45/h6-13,18-34,39-43H,14-17,35-38H2,1-5H3. The van der Waals surface area contributed by atoms with E-state index >= 15 is 0 Å².